The predicted octanol–water partition coefficient (Wildman–Crippen LogP) is 1.09. The van der Waals surface area contributed by atoms with Gasteiger partial charge in [0.05, 0.1) is 6.61 Å². The van der Waals surface area contributed by atoms with Gasteiger partial charge in [-0.2, -0.15) is 0 Å². The van der Waals surface area contributed by atoms with Gasteiger partial charge in [-0.1, -0.05) is 13.8 Å². The monoisotopic (exact) mass is 198 g/mol. The predicted molar refractivity (Wildman–Crippen MR) is 45.2 cm³/mol. The fourth-order valence-electron chi connectivity index (χ4n) is 0.314. The van der Waals surface area contributed by atoms with Gasteiger partial charge in [-0.15, -0.1) is 0 Å². The van der Waals surface area contributed by atoms with E-state index in [9.17, 15) is 9.36 Å². The van der Waals surface area contributed by atoms with Crippen molar-refractivity contribution < 1.29 is 18.8 Å². The number of hydrogen-bond donors (Lipinski definition) is 3. The van der Waals surface area contributed by atoms with E-state index < -0.39 is 13.2 Å². The topological polar surface area (TPSA) is 125 Å². The molecule has 1 amide bonds. The molecule has 0 bridgehead atoms. The van der Waals surface area contributed by atoms with Crippen LogP contribution >= 0.6 is 7.60 Å². The molecule has 12 heavy (non-hydrogen) atoms. The summed E-state index contributed by atoms with van der Waals surface area (Å²) in [5.41, 5.74) is 3.27. The van der Waals surface area contributed by atoms with Gasteiger partial charge in [0.15, 0.2) is 0 Å². The summed E-state index contributed by atoms with van der Waals surface area (Å²) in [5.74, 6) is 0.0924. The minimum atomic E-state index is -4.18. The smallest absolute Gasteiger partial charge is 0.359 e. The lowest BCUT2D eigenvalue weighted by Gasteiger charge is -2.09. The Labute approximate surface area is 71.2 Å². The Bertz CT molecular complexity index is 194. The van der Waals surface area contributed by atoms with Gasteiger partial charge >= 0.3 is 13.2 Å². The quantitative estimate of drug-likeness (QED) is 0.583. The molecule has 0 heterocycles. The van der Waals surface area contributed by atoms with Crippen LogP contribution in [0, 0.1) is 5.92 Å². The molecular weight excluding hydrogens is 183 g/mol. The molecule has 7 heteroatoms. The minimum Gasteiger partial charge on any atom is -0.359 e. The molecule has 1 atom stereocenters. The fourth-order valence-corrected chi connectivity index (χ4v) is 0.941. The number of hydrogen-bond acceptors (Lipinski definition) is 4. The van der Waals surface area contributed by atoms with Crippen LogP contribution in [-0.4, -0.2) is 17.1 Å². The molecule has 0 aliphatic carbocycles. The Balaban J connectivity index is 0. The van der Waals surface area contributed by atoms with Crippen LogP contribution in [-0.2, 0) is 9.09 Å². The third kappa shape index (κ3) is 5.26. The zero-order valence-corrected chi connectivity index (χ0v) is 8.08. The molecule has 1 unspecified atom stereocenters. The van der Waals surface area contributed by atoms with Crippen molar-refractivity contribution in [3.05, 3.63) is 0 Å². The maximum atomic E-state index is 10.7. The lowest BCUT2D eigenvalue weighted by molar-refractivity contribution is 0.219. The summed E-state index contributed by atoms with van der Waals surface area (Å²) >= 11 is 0. The van der Waals surface area contributed by atoms with Gasteiger partial charge in [0.1, 0.15) is 0 Å². The summed E-state index contributed by atoms with van der Waals surface area (Å²) < 4.78 is 15.1. The summed E-state index contributed by atoms with van der Waals surface area (Å²) in [5, 5.41) is 0. The van der Waals surface area contributed by atoms with Crippen LogP contribution < -0.4 is 11.9 Å². The Morgan fingerprint density at radius 1 is 1.67 bits per heavy atom. The van der Waals surface area contributed by atoms with Crippen LogP contribution in [0.25, 0.3) is 0 Å². The van der Waals surface area contributed by atoms with Gasteiger partial charge in [-0.3, -0.25) is 4.79 Å². The highest BCUT2D eigenvalue weighted by Crippen LogP contribution is 2.41. The van der Waals surface area contributed by atoms with Crippen molar-refractivity contribution in [2.45, 2.75) is 13.8 Å². The van der Waals surface area contributed by atoms with E-state index in [1.165, 1.54) is 0 Å². The zero-order chi connectivity index (χ0) is 9.07. The van der Waals surface area contributed by atoms with Gasteiger partial charge in [0.25, 0.3) is 0 Å². The van der Waals surface area contributed by atoms with Gasteiger partial charge in [-0.05, 0) is 5.92 Å². The molecule has 0 aliphatic heterocycles. The van der Waals surface area contributed by atoms with Gasteiger partial charge in [-0.25, -0.2) is 4.57 Å². The summed E-state index contributed by atoms with van der Waals surface area (Å²) in [6.07, 6.45) is 0. The molecule has 6 nitrogen and oxygen atoms in total. The molecule has 0 aliphatic rings. The molecule has 0 aromatic heterocycles. The number of carbonyl (C=O) groups is 1. The average molecular weight is 198 g/mol. The van der Waals surface area contributed by atoms with E-state index in [4.69, 9.17) is 4.89 Å². The molecule has 0 aromatic carbocycles. The van der Waals surface area contributed by atoms with Crippen LogP contribution in [0.5, 0.6) is 0 Å². The van der Waals surface area contributed by atoms with E-state index in [0.717, 1.165) is 0 Å². The molecule has 0 spiro atoms. The van der Waals surface area contributed by atoms with Crippen molar-refractivity contribution >= 4 is 13.2 Å². The third-order valence-corrected chi connectivity index (χ3v) is 1.92. The normalized spacial score (nSPS) is 15.0. The van der Waals surface area contributed by atoms with Crippen molar-refractivity contribution in [2.75, 3.05) is 6.61 Å². The number of nitrogens with two attached hydrogens (primary N) is 1. The molecule has 74 valence electrons. The molecule has 0 saturated carbocycles. The highest BCUT2D eigenvalue weighted by Gasteiger charge is 2.27. The van der Waals surface area contributed by atoms with Crippen LogP contribution in [0.15, 0.2) is 0 Å². The van der Waals surface area contributed by atoms with Crippen LogP contribution in [0.4, 0.5) is 4.79 Å². The summed E-state index contributed by atoms with van der Waals surface area (Å²) in [7, 11) is -4.18. The highest BCUT2D eigenvalue weighted by molar-refractivity contribution is 7.70. The van der Waals surface area contributed by atoms with Crippen molar-refractivity contribution in [1.82, 2.24) is 6.15 Å². The first-order chi connectivity index (χ1) is 4.86. The third-order valence-electron chi connectivity index (χ3n) is 0.861. The van der Waals surface area contributed by atoms with E-state index in [1.54, 1.807) is 13.8 Å². The summed E-state index contributed by atoms with van der Waals surface area (Å²) in [6.45, 7) is 3.64. The van der Waals surface area contributed by atoms with E-state index in [0.29, 0.717) is 0 Å². The summed E-state index contributed by atoms with van der Waals surface area (Å²) in [4.78, 5) is 18.9. The SMILES string of the molecule is CC(C)COP(=O)(O)C(N)=O.N. The zero-order valence-electron chi connectivity index (χ0n) is 7.19. The summed E-state index contributed by atoms with van der Waals surface area (Å²) in [6, 6.07) is 0. The molecule has 0 aromatic rings. The number of amides is 1. The van der Waals surface area contributed by atoms with Crippen LogP contribution in [0.2, 0.25) is 0 Å². The Morgan fingerprint density at radius 2 is 2.08 bits per heavy atom. The highest BCUT2D eigenvalue weighted by atomic mass is 31.2. The number of rotatable bonds is 4. The van der Waals surface area contributed by atoms with Crippen LogP contribution in [0.1, 0.15) is 13.8 Å². The van der Waals surface area contributed by atoms with Crippen molar-refractivity contribution in [3.8, 4) is 0 Å². The fraction of sp³-hybridized carbons (Fsp3) is 0.800. The van der Waals surface area contributed by atoms with Crippen molar-refractivity contribution in [2.24, 2.45) is 11.7 Å². The minimum absolute atomic E-state index is 0. The lowest BCUT2D eigenvalue weighted by Crippen LogP contribution is -2.12. The molecule has 6 N–H and O–H groups in total. The van der Waals surface area contributed by atoms with Crippen molar-refractivity contribution in [3.63, 3.8) is 0 Å². The lowest BCUT2D eigenvalue weighted by atomic mass is 10.2. The Kier molecular flexibility index (Phi) is 6.20. The molecule has 0 radical (unpaired) electrons. The number of primary amides is 1. The maximum Gasteiger partial charge on any atom is 0.415 e. The van der Waals surface area contributed by atoms with E-state index >= 15 is 0 Å². The first-order valence-electron chi connectivity index (χ1n) is 3.13. The first kappa shape index (κ1) is 14.1. The van der Waals surface area contributed by atoms with Gasteiger partial charge in [0, 0.05) is 0 Å². The number of carbonyl (C=O) groups excluding carboxylic acids is 1. The second kappa shape index (κ2) is 5.27. The van der Waals surface area contributed by atoms with E-state index in [2.05, 4.69) is 10.3 Å². The standard InChI is InChI=1S/C5H12NO4P.H3N/c1-4(2)3-10-11(8,9)5(6)7;/h4H,3H2,1-2H3,(H2,6,7)(H,8,9);1H3. The maximum absolute atomic E-state index is 10.7. The average Bonchev–Trinajstić information content (AvgIpc) is 1.84. The van der Waals surface area contributed by atoms with Crippen LogP contribution in [0.3, 0.4) is 0 Å². The van der Waals surface area contributed by atoms with Crippen molar-refractivity contribution in [1.29, 1.82) is 0 Å². The molecule has 0 fully saturated rings. The van der Waals surface area contributed by atoms with Gasteiger partial charge < -0.3 is 21.3 Å². The molecular formula is C5H15N2O4P. The van der Waals surface area contributed by atoms with Gasteiger partial charge in [0.2, 0.25) is 0 Å². The van der Waals surface area contributed by atoms with E-state index in [-0.39, 0.29) is 18.7 Å². The second-order valence-electron chi connectivity index (χ2n) is 2.55. The second-order valence-corrected chi connectivity index (χ2v) is 4.29. The molecule has 0 rings (SSSR count). The Hall–Kier alpha value is -0.420. The van der Waals surface area contributed by atoms with E-state index in [1.807, 2.05) is 0 Å². The Morgan fingerprint density at radius 3 is 2.33 bits per heavy atom. The molecule has 0 saturated heterocycles. The largest absolute Gasteiger partial charge is 0.415 e. The first-order valence-corrected chi connectivity index (χ1v) is 4.71.